The average molecular weight is 418 g/mol. The maximum Gasteiger partial charge on any atom is 2.00 e. The van der Waals surface area contributed by atoms with E-state index >= 15 is 0 Å². The molecule has 0 unspecified atom stereocenters. The van der Waals surface area contributed by atoms with Crippen LogP contribution in [0.1, 0.15) is 20.3 Å². The fraction of sp³-hybridized carbons (Fsp3) is 0.778. The topological polar surface area (TPSA) is 190 Å². The average Bonchev–Trinajstić information content (AvgIpc) is 2.25. The molecule has 0 heterocycles. The summed E-state index contributed by atoms with van der Waals surface area (Å²) in [4.78, 5) is 21.3. The molecule has 129 valence electrons. The monoisotopic (exact) mass is 417 g/mol. The normalized spacial score (nSPS) is 11.7. The molecule has 1 atom stereocenters. The quantitative estimate of drug-likeness (QED) is 0.219. The van der Waals surface area contributed by atoms with Crippen LogP contribution in [0.15, 0.2) is 0 Å². The Hall–Kier alpha value is 0.509. The van der Waals surface area contributed by atoms with Gasteiger partial charge in [0.1, 0.15) is 6.10 Å². The number of hydrogen-bond donors (Lipinski definition) is 3. The summed E-state index contributed by atoms with van der Waals surface area (Å²) in [5.74, 6) is -1.97. The number of carboxylic acid groups (broad SMARTS) is 1. The van der Waals surface area contributed by atoms with Crippen LogP contribution in [0.5, 0.6) is 0 Å². The number of nitrogens with one attached hydrogen (secondary N) is 1. The van der Waals surface area contributed by atoms with Gasteiger partial charge in [-0.15, -0.1) is 0 Å². The predicted molar refractivity (Wildman–Crippen MR) is 65.7 cm³/mol. The zero-order valence-corrected chi connectivity index (χ0v) is 15.8. The summed E-state index contributed by atoms with van der Waals surface area (Å²) in [6.07, 6.45) is -1.68. The second-order valence-corrected chi connectivity index (χ2v) is 5.19. The number of aliphatic hydroxyl groups is 2. The smallest absolute Gasteiger partial charge is 0.759 e. The Morgan fingerprint density at radius 2 is 1.64 bits per heavy atom. The Labute approximate surface area is 168 Å². The van der Waals surface area contributed by atoms with Gasteiger partial charge in [0.2, 0.25) is 5.91 Å². The van der Waals surface area contributed by atoms with Crippen LogP contribution in [0.3, 0.4) is 0 Å². The van der Waals surface area contributed by atoms with Crippen molar-refractivity contribution >= 4 is 60.0 Å². The third kappa shape index (κ3) is 20.5. The van der Waals surface area contributed by atoms with E-state index in [1.165, 1.54) is 13.8 Å². The van der Waals surface area contributed by atoms with Crippen molar-refractivity contribution < 1.29 is 59.5 Å². The molecule has 10 nitrogen and oxygen atoms in total. The molecular weight excluding hydrogens is 402 g/mol. The fourth-order valence-electron chi connectivity index (χ4n) is 0.826. The summed E-state index contributed by atoms with van der Waals surface area (Å²) < 4.78 is 34.1. The van der Waals surface area contributed by atoms with Crippen molar-refractivity contribution in [2.24, 2.45) is 5.41 Å². The van der Waals surface area contributed by atoms with Crippen LogP contribution in [0, 0.1) is 5.41 Å². The van der Waals surface area contributed by atoms with E-state index in [0.717, 1.165) is 0 Å². The van der Waals surface area contributed by atoms with Crippen molar-refractivity contribution in [2.75, 3.05) is 13.2 Å². The van der Waals surface area contributed by atoms with Gasteiger partial charge in [-0.1, -0.05) is 13.8 Å². The van der Waals surface area contributed by atoms with E-state index in [4.69, 9.17) is 22.6 Å². The predicted octanol–water partition coefficient (Wildman–Crippen LogP) is -4.10. The van der Waals surface area contributed by atoms with Gasteiger partial charge in [-0.05, 0) is 0 Å². The molecule has 0 aliphatic carbocycles. The molecule has 0 aromatic heterocycles. The van der Waals surface area contributed by atoms with Crippen LogP contribution in [-0.2, 0) is 37.1 Å². The first kappa shape index (κ1) is 30.4. The summed E-state index contributed by atoms with van der Waals surface area (Å²) in [6.45, 7) is 2.60. The second kappa shape index (κ2) is 13.9. The van der Waals surface area contributed by atoms with E-state index in [2.05, 4.69) is 5.32 Å². The number of rotatable bonds is 6. The number of hydrogen-bond acceptors (Lipinski definition) is 9. The Morgan fingerprint density at radius 1 is 1.27 bits per heavy atom. The van der Waals surface area contributed by atoms with Gasteiger partial charge in [0.15, 0.2) is 0 Å². The molecule has 0 bridgehead atoms. The van der Waals surface area contributed by atoms with Gasteiger partial charge in [0.25, 0.3) is 0 Å². The summed E-state index contributed by atoms with van der Waals surface area (Å²) >= 11 is 0. The molecule has 0 saturated carbocycles. The zero-order chi connectivity index (χ0) is 16.6. The zero-order valence-electron chi connectivity index (χ0n) is 11.9. The molecule has 0 rings (SSSR count). The third-order valence-corrected chi connectivity index (χ3v) is 2.02. The molecule has 0 spiro atoms. The molecule has 22 heavy (non-hydrogen) atoms. The largest absolute Gasteiger partial charge is 2.00 e. The van der Waals surface area contributed by atoms with Crippen molar-refractivity contribution in [1.29, 1.82) is 0 Å². The van der Waals surface area contributed by atoms with E-state index in [9.17, 15) is 19.8 Å². The first-order valence-corrected chi connectivity index (χ1v) is 6.57. The number of aliphatic carboxylic acids is 1. The van der Waals surface area contributed by atoms with Crippen LogP contribution < -0.4 is 10.4 Å². The SMILES string of the molecule is CC(C)(CO)[C@H](O)C(=O)NCCC(=O)[O-].O=S(=O)([O-])[O-].[Ca+2].[Cu+2]. The van der Waals surface area contributed by atoms with Crippen molar-refractivity contribution in [3.8, 4) is 0 Å². The molecule has 1 amide bonds. The molecule has 0 saturated heterocycles. The summed E-state index contributed by atoms with van der Waals surface area (Å²) in [5.41, 5.74) is -0.953. The standard InChI is InChI=1S/C9H17NO5.Ca.Cu.H2O4S/c1-9(2,5-11)7(14)8(15)10-4-3-6(12)13;;;1-5(2,3)4/h7,11,14H,3-5H2,1-2H3,(H,10,15)(H,12,13);;;(H2,1,2,3,4)/q;2*+2;/p-3/t7-;;;/m1.../s1. The van der Waals surface area contributed by atoms with Crippen LogP contribution in [0.2, 0.25) is 0 Å². The molecule has 3 N–H and O–H groups in total. The minimum Gasteiger partial charge on any atom is -0.759 e. The van der Waals surface area contributed by atoms with Gasteiger partial charge in [0.05, 0.1) is 6.61 Å². The number of carbonyl (C=O) groups excluding carboxylic acids is 2. The summed E-state index contributed by atoms with van der Waals surface area (Å²) in [6, 6.07) is 0. The summed E-state index contributed by atoms with van der Waals surface area (Å²) in [5, 5.41) is 30.6. The van der Waals surface area contributed by atoms with Crippen molar-refractivity contribution in [2.45, 2.75) is 26.4 Å². The third-order valence-electron chi connectivity index (χ3n) is 2.02. The van der Waals surface area contributed by atoms with Gasteiger partial charge in [-0.25, -0.2) is 0 Å². The number of amides is 1. The Balaban J connectivity index is -0.000000201. The van der Waals surface area contributed by atoms with Crippen molar-refractivity contribution in [3.63, 3.8) is 0 Å². The maximum absolute atomic E-state index is 11.2. The molecular formula is C9H16CaCuNO9S+. The van der Waals surface area contributed by atoms with E-state index in [1.54, 1.807) is 0 Å². The van der Waals surface area contributed by atoms with Crippen LogP contribution in [-0.4, -0.2) is 96.6 Å². The van der Waals surface area contributed by atoms with E-state index in [1.807, 2.05) is 0 Å². The fourth-order valence-corrected chi connectivity index (χ4v) is 0.826. The van der Waals surface area contributed by atoms with E-state index < -0.39 is 33.8 Å². The molecule has 0 fully saturated rings. The first-order chi connectivity index (χ1) is 8.81. The first-order valence-electron chi connectivity index (χ1n) is 5.24. The van der Waals surface area contributed by atoms with Crippen LogP contribution in [0.4, 0.5) is 0 Å². The summed E-state index contributed by atoms with van der Waals surface area (Å²) in [7, 11) is -5.17. The van der Waals surface area contributed by atoms with Gasteiger partial charge < -0.3 is 34.5 Å². The van der Waals surface area contributed by atoms with Crippen LogP contribution in [0.25, 0.3) is 0 Å². The van der Waals surface area contributed by atoms with Crippen molar-refractivity contribution in [3.05, 3.63) is 0 Å². The molecule has 0 aromatic rings. The van der Waals surface area contributed by atoms with Gasteiger partial charge in [-0.3, -0.25) is 13.2 Å². The van der Waals surface area contributed by atoms with Gasteiger partial charge >= 0.3 is 54.8 Å². The van der Waals surface area contributed by atoms with Gasteiger partial charge in [-0.2, -0.15) is 0 Å². The van der Waals surface area contributed by atoms with E-state index in [0.29, 0.717) is 0 Å². The Kier molecular flexibility index (Phi) is 19.2. The second-order valence-electron chi connectivity index (χ2n) is 4.37. The molecule has 1 radical (unpaired) electrons. The maximum atomic E-state index is 11.2. The molecule has 13 heteroatoms. The Bertz CT molecular complexity index is 421. The number of aliphatic hydroxyl groups excluding tert-OH is 2. The molecule has 0 aliphatic heterocycles. The van der Waals surface area contributed by atoms with E-state index in [-0.39, 0.29) is 74.4 Å². The minimum absolute atomic E-state index is 0. The minimum atomic E-state index is -5.17. The Morgan fingerprint density at radius 3 is 1.91 bits per heavy atom. The molecule has 0 aliphatic rings. The number of carboxylic acids is 1. The van der Waals surface area contributed by atoms with Gasteiger partial charge in [0, 0.05) is 34.7 Å². The van der Waals surface area contributed by atoms with Crippen LogP contribution >= 0.6 is 0 Å². The van der Waals surface area contributed by atoms with Crippen molar-refractivity contribution in [1.82, 2.24) is 5.32 Å². The molecule has 0 aromatic carbocycles. The number of carbonyl (C=O) groups is 2.